The number of carbonyl (C=O) groups is 1. The first-order chi connectivity index (χ1) is 11.2. The Balaban J connectivity index is 1.58. The predicted octanol–water partition coefficient (Wildman–Crippen LogP) is 4.27. The van der Waals surface area contributed by atoms with Gasteiger partial charge in [0, 0.05) is 17.0 Å². The first kappa shape index (κ1) is 15.8. The number of ether oxygens (including phenoxy) is 1. The van der Waals surface area contributed by atoms with E-state index in [0.29, 0.717) is 11.2 Å². The van der Waals surface area contributed by atoms with Gasteiger partial charge in [0.1, 0.15) is 5.75 Å². The number of rotatable bonds is 4. The average Bonchev–Trinajstić information content (AvgIpc) is 3.04. The van der Waals surface area contributed by atoms with Gasteiger partial charge in [-0.25, -0.2) is 9.78 Å². The van der Waals surface area contributed by atoms with Crippen LogP contribution in [0.2, 0.25) is 0 Å². The maximum atomic E-state index is 12.0. The number of methoxy groups -OCH3 is 1. The summed E-state index contributed by atoms with van der Waals surface area (Å²) in [7, 11) is 1.64. The van der Waals surface area contributed by atoms with Crippen LogP contribution in [0.4, 0.5) is 9.93 Å². The Kier molecular flexibility index (Phi) is 5.12. The van der Waals surface area contributed by atoms with E-state index >= 15 is 0 Å². The fraction of sp³-hybridized carbons (Fsp3) is 0.412. The highest BCUT2D eigenvalue weighted by Crippen LogP contribution is 2.26. The summed E-state index contributed by atoms with van der Waals surface area (Å²) < 4.78 is 5.15. The third kappa shape index (κ3) is 4.22. The molecule has 3 rings (SSSR count). The van der Waals surface area contributed by atoms with Crippen LogP contribution in [0.5, 0.6) is 5.75 Å². The molecule has 0 aliphatic heterocycles. The van der Waals surface area contributed by atoms with Gasteiger partial charge in [0.25, 0.3) is 0 Å². The van der Waals surface area contributed by atoms with Crippen molar-refractivity contribution in [1.29, 1.82) is 0 Å². The maximum Gasteiger partial charge on any atom is 0.321 e. The topological polar surface area (TPSA) is 63.2 Å². The molecule has 2 aromatic rings. The molecule has 1 aromatic heterocycles. The Morgan fingerprint density at radius 2 is 1.96 bits per heavy atom. The normalized spacial score (nSPS) is 15.2. The van der Waals surface area contributed by atoms with Crippen LogP contribution in [-0.2, 0) is 0 Å². The van der Waals surface area contributed by atoms with Crippen molar-refractivity contribution in [3.63, 3.8) is 0 Å². The summed E-state index contributed by atoms with van der Waals surface area (Å²) in [5.41, 5.74) is 1.86. The molecule has 0 saturated heterocycles. The number of urea groups is 1. The molecule has 0 atom stereocenters. The molecular formula is C17H21N3O2S. The van der Waals surface area contributed by atoms with Gasteiger partial charge in [0.15, 0.2) is 5.13 Å². The van der Waals surface area contributed by atoms with Gasteiger partial charge < -0.3 is 10.1 Å². The van der Waals surface area contributed by atoms with E-state index in [1.54, 1.807) is 7.11 Å². The maximum absolute atomic E-state index is 12.0. The second kappa shape index (κ2) is 7.46. The Morgan fingerprint density at radius 3 is 2.65 bits per heavy atom. The lowest BCUT2D eigenvalue weighted by Crippen LogP contribution is -2.38. The fourth-order valence-electron chi connectivity index (χ4n) is 2.79. The van der Waals surface area contributed by atoms with Crippen molar-refractivity contribution in [2.75, 3.05) is 12.4 Å². The number of hydrogen-bond acceptors (Lipinski definition) is 4. The van der Waals surface area contributed by atoms with Crippen LogP contribution in [0, 0.1) is 0 Å². The molecule has 1 heterocycles. The summed E-state index contributed by atoms with van der Waals surface area (Å²) in [5.74, 6) is 0.814. The van der Waals surface area contributed by atoms with Crippen LogP contribution in [0.25, 0.3) is 11.3 Å². The number of hydrogen-bond donors (Lipinski definition) is 2. The minimum absolute atomic E-state index is 0.160. The second-order valence-corrected chi connectivity index (χ2v) is 6.56. The highest BCUT2D eigenvalue weighted by atomic mass is 32.1. The quantitative estimate of drug-likeness (QED) is 0.879. The molecule has 1 fully saturated rings. The van der Waals surface area contributed by atoms with Crippen molar-refractivity contribution < 1.29 is 9.53 Å². The summed E-state index contributed by atoms with van der Waals surface area (Å²) in [5, 5.41) is 8.42. The summed E-state index contributed by atoms with van der Waals surface area (Å²) in [6.45, 7) is 0. The molecule has 1 aliphatic rings. The molecule has 0 unspecified atom stereocenters. The highest BCUT2D eigenvalue weighted by Gasteiger charge is 2.16. The predicted molar refractivity (Wildman–Crippen MR) is 93.1 cm³/mol. The zero-order chi connectivity index (χ0) is 16.1. The number of aromatic nitrogens is 1. The van der Waals surface area contributed by atoms with E-state index < -0.39 is 0 Å². The number of anilines is 1. The molecule has 1 saturated carbocycles. The molecule has 0 spiro atoms. The molecule has 2 N–H and O–H groups in total. The monoisotopic (exact) mass is 331 g/mol. The number of nitrogens with one attached hydrogen (secondary N) is 2. The molecule has 2 amide bonds. The van der Waals surface area contributed by atoms with Crippen LogP contribution >= 0.6 is 11.3 Å². The van der Waals surface area contributed by atoms with Crippen LogP contribution in [0.3, 0.4) is 0 Å². The molecule has 0 radical (unpaired) electrons. The number of amides is 2. The SMILES string of the molecule is COc1ccc(-c2csc(NC(=O)NC3CCCCC3)n2)cc1. The number of nitrogens with zero attached hydrogens (tertiary/aromatic N) is 1. The van der Waals surface area contributed by atoms with Crippen molar-refractivity contribution >= 4 is 22.5 Å². The minimum atomic E-state index is -0.160. The van der Waals surface area contributed by atoms with Crippen LogP contribution < -0.4 is 15.4 Å². The van der Waals surface area contributed by atoms with Gasteiger partial charge in [-0.1, -0.05) is 19.3 Å². The summed E-state index contributed by atoms with van der Waals surface area (Å²) >= 11 is 1.43. The van der Waals surface area contributed by atoms with E-state index in [-0.39, 0.29) is 6.03 Å². The van der Waals surface area contributed by atoms with Crippen LogP contribution in [0.1, 0.15) is 32.1 Å². The van der Waals surface area contributed by atoms with Gasteiger partial charge >= 0.3 is 6.03 Å². The first-order valence-electron chi connectivity index (χ1n) is 7.92. The molecule has 5 nitrogen and oxygen atoms in total. The third-order valence-electron chi connectivity index (χ3n) is 4.05. The van der Waals surface area contributed by atoms with Gasteiger partial charge in [-0.3, -0.25) is 5.32 Å². The van der Waals surface area contributed by atoms with E-state index in [1.165, 1.54) is 30.6 Å². The zero-order valence-electron chi connectivity index (χ0n) is 13.2. The first-order valence-corrected chi connectivity index (χ1v) is 8.80. The van der Waals surface area contributed by atoms with E-state index in [1.807, 2.05) is 29.6 Å². The Morgan fingerprint density at radius 1 is 1.22 bits per heavy atom. The van der Waals surface area contributed by atoms with Crippen molar-refractivity contribution in [2.45, 2.75) is 38.1 Å². The average molecular weight is 331 g/mol. The Hall–Kier alpha value is -2.08. The molecule has 0 bridgehead atoms. The Bertz CT molecular complexity index is 648. The van der Waals surface area contributed by atoms with Crippen molar-refractivity contribution in [2.24, 2.45) is 0 Å². The van der Waals surface area contributed by atoms with E-state index in [0.717, 1.165) is 29.8 Å². The van der Waals surface area contributed by atoms with Gasteiger partial charge in [-0.05, 0) is 37.1 Å². The molecule has 23 heavy (non-hydrogen) atoms. The molecule has 122 valence electrons. The lowest BCUT2D eigenvalue weighted by Gasteiger charge is -2.22. The van der Waals surface area contributed by atoms with Crippen molar-refractivity contribution in [3.05, 3.63) is 29.6 Å². The van der Waals surface area contributed by atoms with Gasteiger partial charge in [0.05, 0.1) is 12.8 Å². The second-order valence-electron chi connectivity index (χ2n) is 5.70. The largest absolute Gasteiger partial charge is 0.497 e. The lowest BCUT2D eigenvalue weighted by atomic mass is 9.96. The van der Waals surface area contributed by atoms with E-state index in [2.05, 4.69) is 15.6 Å². The fourth-order valence-corrected chi connectivity index (χ4v) is 3.51. The minimum Gasteiger partial charge on any atom is -0.497 e. The molecule has 1 aliphatic carbocycles. The third-order valence-corrected chi connectivity index (χ3v) is 4.81. The van der Waals surface area contributed by atoms with E-state index in [4.69, 9.17) is 4.74 Å². The summed E-state index contributed by atoms with van der Waals surface area (Å²) in [6.07, 6.45) is 5.82. The van der Waals surface area contributed by atoms with Crippen molar-refractivity contribution in [1.82, 2.24) is 10.3 Å². The number of benzene rings is 1. The zero-order valence-corrected chi connectivity index (χ0v) is 14.0. The number of thiazole rings is 1. The standard InChI is InChI=1S/C17H21N3O2S/c1-22-14-9-7-12(8-10-14)15-11-23-17(19-15)20-16(21)18-13-5-3-2-4-6-13/h7-11,13H,2-6H2,1H3,(H2,18,19,20,21). The smallest absolute Gasteiger partial charge is 0.321 e. The van der Waals surface area contributed by atoms with Crippen molar-refractivity contribution in [3.8, 4) is 17.0 Å². The van der Waals surface area contributed by atoms with E-state index in [9.17, 15) is 4.79 Å². The highest BCUT2D eigenvalue weighted by molar-refractivity contribution is 7.14. The number of carbonyl (C=O) groups excluding carboxylic acids is 1. The van der Waals surface area contributed by atoms with Gasteiger partial charge in [-0.2, -0.15) is 0 Å². The van der Waals surface area contributed by atoms with Crippen LogP contribution in [0.15, 0.2) is 29.6 Å². The summed E-state index contributed by atoms with van der Waals surface area (Å²) in [6, 6.07) is 7.85. The Labute approximate surface area is 140 Å². The molecule has 1 aromatic carbocycles. The molecular weight excluding hydrogens is 310 g/mol. The van der Waals surface area contributed by atoms with Crippen LogP contribution in [-0.4, -0.2) is 24.2 Å². The summed E-state index contributed by atoms with van der Waals surface area (Å²) in [4.78, 5) is 16.5. The van der Waals surface area contributed by atoms with Gasteiger partial charge in [-0.15, -0.1) is 11.3 Å². The molecule has 6 heteroatoms. The lowest BCUT2D eigenvalue weighted by molar-refractivity contribution is 0.244. The van der Waals surface area contributed by atoms with Gasteiger partial charge in [0.2, 0.25) is 0 Å².